The number of carbonyl (C=O) groups excluding carboxylic acids is 1. The van der Waals surface area contributed by atoms with E-state index in [-0.39, 0.29) is 5.91 Å². The van der Waals surface area contributed by atoms with Gasteiger partial charge in [-0.05, 0) is 56.1 Å². The van der Waals surface area contributed by atoms with E-state index in [1.807, 2.05) is 48.5 Å². The van der Waals surface area contributed by atoms with E-state index in [1.165, 1.54) is 0 Å². The highest BCUT2D eigenvalue weighted by Crippen LogP contribution is 2.31. The number of anilines is 1. The van der Waals surface area contributed by atoms with E-state index in [0.717, 1.165) is 25.5 Å². The summed E-state index contributed by atoms with van der Waals surface area (Å²) in [6.07, 6.45) is 0. The van der Waals surface area contributed by atoms with Crippen molar-refractivity contribution in [3.8, 4) is 0 Å². The molecular formula is C15H10Br2N2O. The van der Waals surface area contributed by atoms with E-state index in [9.17, 15) is 4.79 Å². The Balaban J connectivity index is 1.93. The highest BCUT2D eigenvalue weighted by Gasteiger charge is 2.13. The van der Waals surface area contributed by atoms with Crippen LogP contribution in [0.4, 0.5) is 5.69 Å². The van der Waals surface area contributed by atoms with Crippen LogP contribution in [0.15, 0.2) is 57.5 Å². The van der Waals surface area contributed by atoms with Gasteiger partial charge in [0.2, 0.25) is 0 Å². The Kier molecular flexibility index (Phi) is 3.63. The number of benzene rings is 2. The molecule has 0 unspecified atom stereocenters. The molecule has 0 radical (unpaired) electrons. The number of halogens is 2. The second kappa shape index (κ2) is 5.42. The highest BCUT2D eigenvalue weighted by molar-refractivity contribution is 9.11. The molecule has 0 saturated heterocycles. The third-order valence-electron chi connectivity index (χ3n) is 2.98. The summed E-state index contributed by atoms with van der Waals surface area (Å²) in [5.74, 6) is -0.172. The first-order valence-electron chi connectivity index (χ1n) is 5.98. The number of H-pyrrole nitrogens is 1. The topological polar surface area (TPSA) is 44.9 Å². The molecule has 0 fully saturated rings. The number of aromatic amines is 1. The Morgan fingerprint density at radius 2 is 1.70 bits per heavy atom. The molecule has 0 aliphatic rings. The standard InChI is InChI=1S/C15H10Br2N2O/c16-10-5-3-6-11(17)14(10)19-15(20)13-8-9-4-1-2-7-12(9)18-13/h1-8,18H,(H,19,20). The maximum absolute atomic E-state index is 12.3. The number of nitrogens with one attached hydrogen (secondary N) is 2. The summed E-state index contributed by atoms with van der Waals surface area (Å²) in [6.45, 7) is 0. The van der Waals surface area contributed by atoms with Crippen LogP contribution in [0.1, 0.15) is 10.5 Å². The van der Waals surface area contributed by atoms with Gasteiger partial charge in [0, 0.05) is 19.8 Å². The normalized spacial score (nSPS) is 10.7. The van der Waals surface area contributed by atoms with E-state index in [2.05, 4.69) is 42.2 Å². The largest absolute Gasteiger partial charge is 0.351 e. The van der Waals surface area contributed by atoms with Crippen LogP contribution in [-0.2, 0) is 0 Å². The molecule has 3 rings (SSSR count). The number of para-hydroxylation sites is 2. The van der Waals surface area contributed by atoms with Crippen molar-refractivity contribution in [1.82, 2.24) is 4.98 Å². The first kappa shape index (κ1) is 13.4. The van der Waals surface area contributed by atoms with Gasteiger partial charge in [0.25, 0.3) is 5.91 Å². The Morgan fingerprint density at radius 3 is 2.40 bits per heavy atom. The van der Waals surface area contributed by atoms with Crippen molar-refractivity contribution < 1.29 is 4.79 Å². The molecule has 0 saturated carbocycles. The van der Waals surface area contributed by atoms with Crippen LogP contribution in [0.25, 0.3) is 10.9 Å². The van der Waals surface area contributed by atoms with E-state index in [0.29, 0.717) is 5.69 Å². The van der Waals surface area contributed by atoms with E-state index >= 15 is 0 Å². The molecule has 1 amide bonds. The van der Waals surface area contributed by atoms with E-state index in [1.54, 1.807) is 0 Å². The number of hydrogen-bond acceptors (Lipinski definition) is 1. The fourth-order valence-corrected chi connectivity index (χ4v) is 3.19. The lowest BCUT2D eigenvalue weighted by Crippen LogP contribution is -2.13. The minimum Gasteiger partial charge on any atom is -0.351 e. The molecular weight excluding hydrogens is 384 g/mol. The zero-order valence-electron chi connectivity index (χ0n) is 10.3. The fraction of sp³-hybridized carbons (Fsp3) is 0. The molecule has 0 spiro atoms. The quantitative estimate of drug-likeness (QED) is 0.635. The van der Waals surface area contributed by atoms with Crippen LogP contribution < -0.4 is 5.32 Å². The molecule has 20 heavy (non-hydrogen) atoms. The smallest absolute Gasteiger partial charge is 0.272 e. The van der Waals surface area contributed by atoms with Gasteiger partial charge in [-0.3, -0.25) is 4.79 Å². The van der Waals surface area contributed by atoms with Crippen molar-refractivity contribution in [3.63, 3.8) is 0 Å². The van der Waals surface area contributed by atoms with Gasteiger partial charge in [0.1, 0.15) is 5.69 Å². The summed E-state index contributed by atoms with van der Waals surface area (Å²) in [5, 5.41) is 3.91. The zero-order valence-corrected chi connectivity index (χ0v) is 13.5. The highest BCUT2D eigenvalue weighted by atomic mass is 79.9. The van der Waals surface area contributed by atoms with Gasteiger partial charge in [-0.2, -0.15) is 0 Å². The fourth-order valence-electron chi connectivity index (χ4n) is 1.99. The molecule has 2 aromatic carbocycles. The third-order valence-corrected chi connectivity index (χ3v) is 4.30. The predicted molar refractivity (Wildman–Crippen MR) is 88.1 cm³/mol. The lowest BCUT2D eigenvalue weighted by molar-refractivity contribution is 0.102. The maximum atomic E-state index is 12.3. The van der Waals surface area contributed by atoms with Crippen molar-refractivity contribution in [2.24, 2.45) is 0 Å². The molecule has 100 valence electrons. The summed E-state index contributed by atoms with van der Waals surface area (Å²) in [5.41, 5.74) is 2.20. The molecule has 0 aliphatic carbocycles. The summed E-state index contributed by atoms with van der Waals surface area (Å²) >= 11 is 6.86. The van der Waals surface area contributed by atoms with Gasteiger partial charge in [-0.1, -0.05) is 24.3 Å². The Bertz CT molecular complexity index is 742. The molecule has 3 nitrogen and oxygen atoms in total. The first-order valence-corrected chi connectivity index (χ1v) is 7.57. The number of carbonyl (C=O) groups is 1. The SMILES string of the molecule is O=C(Nc1c(Br)cccc1Br)c1cc2ccccc2[nH]1. The van der Waals surface area contributed by atoms with Crippen LogP contribution >= 0.6 is 31.9 Å². The van der Waals surface area contributed by atoms with Crippen LogP contribution in [0.5, 0.6) is 0 Å². The number of rotatable bonds is 2. The van der Waals surface area contributed by atoms with Crippen molar-refractivity contribution in [2.75, 3.05) is 5.32 Å². The van der Waals surface area contributed by atoms with Gasteiger partial charge in [-0.15, -0.1) is 0 Å². The van der Waals surface area contributed by atoms with Crippen molar-refractivity contribution >= 4 is 54.4 Å². The molecule has 0 atom stereocenters. The summed E-state index contributed by atoms with van der Waals surface area (Å²) in [7, 11) is 0. The summed E-state index contributed by atoms with van der Waals surface area (Å²) in [6, 6.07) is 15.3. The predicted octanol–water partition coefficient (Wildman–Crippen LogP) is 4.95. The van der Waals surface area contributed by atoms with Gasteiger partial charge in [-0.25, -0.2) is 0 Å². The maximum Gasteiger partial charge on any atom is 0.272 e. The average molecular weight is 394 g/mol. The third kappa shape index (κ3) is 2.51. The number of fused-ring (bicyclic) bond motifs is 1. The lowest BCUT2D eigenvalue weighted by atomic mass is 10.2. The van der Waals surface area contributed by atoms with Gasteiger partial charge in [0.05, 0.1) is 5.69 Å². The van der Waals surface area contributed by atoms with E-state index in [4.69, 9.17) is 0 Å². The zero-order chi connectivity index (χ0) is 14.1. The Morgan fingerprint density at radius 1 is 1.00 bits per heavy atom. The van der Waals surface area contributed by atoms with Crippen LogP contribution in [0, 0.1) is 0 Å². The summed E-state index contributed by atoms with van der Waals surface area (Å²) < 4.78 is 1.66. The van der Waals surface area contributed by atoms with Crippen molar-refractivity contribution in [1.29, 1.82) is 0 Å². The summed E-state index contributed by atoms with van der Waals surface area (Å²) in [4.78, 5) is 15.4. The molecule has 0 bridgehead atoms. The van der Waals surface area contributed by atoms with Crippen LogP contribution in [-0.4, -0.2) is 10.9 Å². The van der Waals surface area contributed by atoms with Gasteiger partial charge in [0.15, 0.2) is 0 Å². The van der Waals surface area contributed by atoms with Crippen LogP contribution in [0.3, 0.4) is 0 Å². The van der Waals surface area contributed by atoms with Crippen molar-refractivity contribution in [2.45, 2.75) is 0 Å². The van der Waals surface area contributed by atoms with Gasteiger partial charge < -0.3 is 10.3 Å². The van der Waals surface area contributed by atoms with E-state index < -0.39 is 0 Å². The average Bonchev–Trinajstić information content (AvgIpc) is 2.87. The first-order chi connectivity index (χ1) is 9.65. The minimum absolute atomic E-state index is 0.172. The number of hydrogen-bond donors (Lipinski definition) is 2. The monoisotopic (exact) mass is 392 g/mol. The Labute approximate surface area is 132 Å². The number of amides is 1. The Hall–Kier alpha value is -1.59. The number of aromatic nitrogens is 1. The molecule has 1 heterocycles. The van der Waals surface area contributed by atoms with Crippen molar-refractivity contribution in [3.05, 3.63) is 63.2 Å². The molecule has 5 heteroatoms. The lowest BCUT2D eigenvalue weighted by Gasteiger charge is -2.08. The molecule has 1 aromatic heterocycles. The molecule has 0 aliphatic heterocycles. The minimum atomic E-state index is -0.172. The molecule has 2 N–H and O–H groups in total. The second-order valence-electron chi connectivity index (χ2n) is 4.32. The second-order valence-corrected chi connectivity index (χ2v) is 6.03. The van der Waals surface area contributed by atoms with Gasteiger partial charge >= 0.3 is 0 Å². The molecule has 3 aromatic rings. The van der Waals surface area contributed by atoms with Crippen LogP contribution in [0.2, 0.25) is 0 Å².